The van der Waals surface area contributed by atoms with Crippen molar-refractivity contribution in [2.45, 2.75) is 45.0 Å². The molecule has 2 aliphatic rings. The first-order chi connectivity index (χ1) is 14.2. The van der Waals surface area contributed by atoms with E-state index < -0.39 is 30.5 Å². The molecule has 3 heterocycles. The number of hydrogen-bond donors (Lipinski definition) is 2. The van der Waals surface area contributed by atoms with E-state index in [2.05, 4.69) is 10.3 Å². The summed E-state index contributed by atoms with van der Waals surface area (Å²) in [6, 6.07) is 3.25. The van der Waals surface area contributed by atoms with Crippen LogP contribution in [-0.2, 0) is 16.1 Å². The fourth-order valence-electron chi connectivity index (χ4n) is 3.50. The predicted octanol–water partition coefficient (Wildman–Crippen LogP) is 2.21. The summed E-state index contributed by atoms with van der Waals surface area (Å²) in [4.78, 5) is 28.7. The molecule has 4 rings (SSSR count). The van der Waals surface area contributed by atoms with Gasteiger partial charge in [0.05, 0.1) is 12.1 Å². The maximum atomic E-state index is 13.3. The van der Waals surface area contributed by atoms with E-state index in [0.29, 0.717) is 29.4 Å². The molecule has 0 spiro atoms. The number of alkyl halides is 2. The Kier molecular flexibility index (Phi) is 4.96. The van der Waals surface area contributed by atoms with Gasteiger partial charge in [-0.15, -0.1) is 0 Å². The fourth-order valence-corrected chi connectivity index (χ4v) is 3.50. The number of halogens is 2. The minimum Gasteiger partial charge on any atom is -0.488 e. The Morgan fingerprint density at radius 2 is 2.17 bits per heavy atom. The summed E-state index contributed by atoms with van der Waals surface area (Å²) in [6.45, 7) is 3.52. The second kappa shape index (κ2) is 7.47. The topological polar surface area (TPSA) is 112 Å². The van der Waals surface area contributed by atoms with E-state index in [1.54, 1.807) is 35.9 Å². The molecule has 3 N–H and O–H groups in total. The summed E-state index contributed by atoms with van der Waals surface area (Å²) in [6.07, 6.45) is -2.31. The van der Waals surface area contributed by atoms with Crippen LogP contribution in [0.4, 0.5) is 25.1 Å². The normalized spacial score (nSPS) is 21.4. The molecule has 2 aliphatic heterocycles. The summed E-state index contributed by atoms with van der Waals surface area (Å²) in [7, 11) is 0. The number of rotatable bonds is 5. The molecule has 160 valence electrons. The summed E-state index contributed by atoms with van der Waals surface area (Å²) >= 11 is 0. The second-order valence-corrected chi connectivity index (χ2v) is 7.33. The third kappa shape index (κ3) is 3.51. The standard InChI is InChI=1S/C19H21F2N5O4/c1-9-6-25-7-15(26-13(16(20)21)8-29-19(26)28)24-18(25)12-4-3-11(5-14(12)30-9)23-10(2)17(22)27/h3-5,7,9-10,13,16,23H,6,8H2,1-2H3,(H2,22,27)/t9-,10?,13+/m1/s1. The number of aromatic nitrogens is 2. The van der Waals surface area contributed by atoms with E-state index in [4.69, 9.17) is 15.2 Å². The number of carbonyl (C=O) groups excluding carboxylic acids is 2. The Labute approximate surface area is 170 Å². The number of nitrogens with zero attached hydrogens (tertiary/aromatic N) is 3. The fraction of sp³-hybridized carbons (Fsp3) is 0.421. The Morgan fingerprint density at radius 1 is 1.40 bits per heavy atom. The molecule has 2 amide bonds. The molecule has 0 bridgehead atoms. The number of carbonyl (C=O) groups is 2. The molecule has 0 aliphatic carbocycles. The lowest BCUT2D eigenvalue weighted by Gasteiger charge is -2.18. The van der Waals surface area contributed by atoms with Gasteiger partial charge in [0.2, 0.25) is 5.91 Å². The zero-order valence-corrected chi connectivity index (χ0v) is 16.3. The number of benzene rings is 1. The van der Waals surface area contributed by atoms with Crippen molar-refractivity contribution in [1.29, 1.82) is 0 Å². The number of ether oxygens (including phenoxy) is 2. The highest BCUT2D eigenvalue weighted by molar-refractivity contribution is 5.90. The summed E-state index contributed by atoms with van der Waals surface area (Å²) in [5.41, 5.74) is 6.56. The molecule has 1 saturated heterocycles. The Morgan fingerprint density at radius 3 is 2.87 bits per heavy atom. The molecule has 1 aromatic carbocycles. The van der Waals surface area contributed by atoms with Crippen LogP contribution in [0.2, 0.25) is 0 Å². The number of amides is 2. The van der Waals surface area contributed by atoms with Gasteiger partial charge in [0.1, 0.15) is 36.4 Å². The lowest BCUT2D eigenvalue weighted by atomic mass is 10.1. The van der Waals surface area contributed by atoms with Crippen LogP contribution in [0.1, 0.15) is 13.8 Å². The van der Waals surface area contributed by atoms with Gasteiger partial charge >= 0.3 is 6.09 Å². The maximum Gasteiger partial charge on any atom is 0.416 e. The first kappa shape index (κ1) is 19.9. The molecule has 1 aromatic heterocycles. The van der Waals surface area contributed by atoms with Gasteiger partial charge in [-0.1, -0.05) is 0 Å². The van der Waals surface area contributed by atoms with E-state index in [-0.39, 0.29) is 18.5 Å². The molecule has 0 radical (unpaired) electrons. The Bertz CT molecular complexity index is 995. The van der Waals surface area contributed by atoms with Crippen LogP contribution >= 0.6 is 0 Å². The van der Waals surface area contributed by atoms with Gasteiger partial charge < -0.3 is 25.1 Å². The molecule has 11 heteroatoms. The number of anilines is 2. The first-order valence-electron chi connectivity index (χ1n) is 9.43. The van der Waals surface area contributed by atoms with Crippen molar-refractivity contribution in [1.82, 2.24) is 9.55 Å². The second-order valence-electron chi connectivity index (χ2n) is 7.33. The minimum absolute atomic E-state index is 0.0994. The van der Waals surface area contributed by atoms with Crippen molar-refractivity contribution in [3.8, 4) is 17.1 Å². The number of cyclic esters (lactones) is 1. The Balaban J connectivity index is 1.72. The van der Waals surface area contributed by atoms with Crippen LogP contribution in [0.3, 0.4) is 0 Å². The average Bonchev–Trinajstić information content (AvgIpc) is 3.22. The maximum absolute atomic E-state index is 13.3. The zero-order chi connectivity index (χ0) is 21.6. The van der Waals surface area contributed by atoms with E-state index >= 15 is 0 Å². The lowest BCUT2D eigenvalue weighted by molar-refractivity contribution is -0.118. The van der Waals surface area contributed by atoms with E-state index in [1.165, 1.54) is 0 Å². The Hall–Kier alpha value is -3.37. The molecule has 1 fully saturated rings. The van der Waals surface area contributed by atoms with Crippen molar-refractivity contribution in [2.75, 3.05) is 16.8 Å². The van der Waals surface area contributed by atoms with Gasteiger partial charge in [0.25, 0.3) is 6.43 Å². The average molecular weight is 421 g/mol. The van der Waals surface area contributed by atoms with Gasteiger partial charge in [-0.2, -0.15) is 0 Å². The van der Waals surface area contributed by atoms with Crippen molar-refractivity contribution in [3.05, 3.63) is 24.4 Å². The molecular formula is C19H21F2N5O4. The number of primary amides is 1. The zero-order valence-electron chi connectivity index (χ0n) is 16.3. The number of fused-ring (bicyclic) bond motifs is 3. The molecule has 2 aromatic rings. The first-order valence-corrected chi connectivity index (χ1v) is 9.43. The largest absolute Gasteiger partial charge is 0.488 e. The van der Waals surface area contributed by atoms with Gasteiger partial charge in [-0.3, -0.25) is 4.79 Å². The summed E-state index contributed by atoms with van der Waals surface area (Å²) in [5, 5.41) is 2.99. The molecule has 3 atom stereocenters. The molecule has 9 nitrogen and oxygen atoms in total. The van der Waals surface area contributed by atoms with E-state index in [1.807, 2.05) is 6.92 Å². The SMILES string of the molecule is CC(Nc1ccc2c(c1)O[C@H](C)Cn1cc(N3C(=O)OC[C@H]3C(F)F)nc1-2)C(N)=O. The van der Waals surface area contributed by atoms with Gasteiger partial charge in [-0.05, 0) is 26.0 Å². The van der Waals surface area contributed by atoms with Crippen molar-refractivity contribution < 1.29 is 27.8 Å². The smallest absolute Gasteiger partial charge is 0.416 e. The lowest BCUT2D eigenvalue weighted by Crippen LogP contribution is -2.38. The van der Waals surface area contributed by atoms with Crippen LogP contribution in [-0.4, -0.2) is 52.8 Å². The molecule has 30 heavy (non-hydrogen) atoms. The highest BCUT2D eigenvalue weighted by atomic mass is 19.3. The van der Waals surface area contributed by atoms with Crippen molar-refractivity contribution in [2.24, 2.45) is 5.73 Å². The van der Waals surface area contributed by atoms with Crippen molar-refractivity contribution in [3.63, 3.8) is 0 Å². The monoisotopic (exact) mass is 421 g/mol. The summed E-state index contributed by atoms with van der Waals surface area (Å²) in [5.74, 6) is 0.592. The predicted molar refractivity (Wildman–Crippen MR) is 104 cm³/mol. The highest BCUT2D eigenvalue weighted by Crippen LogP contribution is 2.38. The quantitative estimate of drug-likeness (QED) is 0.766. The van der Waals surface area contributed by atoms with Crippen LogP contribution < -0.4 is 20.7 Å². The van der Waals surface area contributed by atoms with Crippen molar-refractivity contribution >= 4 is 23.5 Å². The molecular weight excluding hydrogens is 400 g/mol. The number of imidazole rings is 1. The van der Waals surface area contributed by atoms with Gasteiger partial charge in [0, 0.05) is 18.0 Å². The number of nitrogens with two attached hydrogens (primary N) is 1. The van der Waals surface area contributed by atoms with E-state index in [0.717, 1.165) is 4.90 Å². The van der Waals surface area contributed by atoms with Crippen LogP contribution in [0.15, 0.2) is 24.4 Å². The van der Waals surface area contributed by atoms with E-state index in [9.17, 15) is 18.4 Å². The van der Waals surface area contributed by atoms with Gasteiger partial charge in [-0.25, -0.2) is 23.5 Å². The number of hydrogen-bond acceptors (Lipinski definition) is 6. The van der Waals surface area contributed by atoms with Crippen LogP contribution in [0.5, 0.6) is 5.75 Å². The van der Waals surface area contributed by atoms with Crippen LogP contribution in [0, 0.1) is 0 Å². The summed E-state index contributed by atoms with van der Waals surface area (Å²) < 4.78 is 39.2. The minimum atomic E-state index is -2.76. The number of nitrogens with one attached hydrogen (secondary N) is 1. The van der Waals surface area contributed by atoms with Gasteiger partial charge in [0.15, 0.2) is 5.82 Å². The highest BCUT2D eigenvalue weighted by Gasteiger charge is 2.42. The third-order valence-electron chi connectivity index (χ3n) is 5.02. The molecule has 1 unspecified atom stereocenters. The third-order valence-corrected chi connectivity index (χ3v) is 5.02. The molecule has 0 saturated carbocycles. The van der Waals surface area contributed by atoms with Crippen LogP contribution in [0.25, 0.3) is 11.4 Å².